The first-order valence-electron chi connectivity index (χ1n) is 6.41. The van der Waals surface area contributed by atoms with Crippen LogP contribution < -0.4 is 5.32 Å². The number of nitrogens with one attached hydrogen (secondary N) is 1. The van der Waals surface area contributed by atoms with Crippen LogP contribution in [0.3, 0.4) is 0 Å². The fourth-order valence-corrected chi connectivity index (χ4v) is 2.79. The quantitative estimate of drug-likeness (QED) is 0.797. The summed E-state index contributed by atoms with van der Waals surface area (Å²) in [5, 5.41) is 5.87. The third-order valence-corrected chi connectivity index (χ3v) is 4.34. The molecule has 2 nitrogen and oxygen atoms in total. The van der Waals surface area contributed by atoms with Crippen molar-refractivity contribution in [3.63, 3.8) is 0 Å². The summed E-state index contributed by atoms with van der Waals surface area (Å²) in [5.74, 6) is 0. The standard InChI is InChI=1S/C14H25NOS/c1-6-8-15-13(14(4,7-2)16-5)12-9-11(3)17-10-12/h9-10,13,15H,6-8H2,1-5H3. The lowest BCUT2D eigenvalue weighted by Crippen LogP contribution is -2.43. The van der Waals surface area contributed by atoms with Gasteiger partial charge in [0, 0.05) is 12.0 Å². The molecule has 0 aromatic carbocycles. The minimum Gasteiger partial charge on any atom is -0.377 e. The summed E-state index contributed by atoms with van der Waals surface area (Å²) in [6.45, 7) is 9.75. The smallest absolute Gasteiger partial charge is 0.0842 e. The highest BCUT2D eigenvalue weighted by molar-refractivity contribution is 7.10. The van der Waals surface area contributed by atoms with Crippen molar-refractivity contribution < 1.29 is 4.74 Å². The van der Waals surface area contributed by atoms with Crippen molar-refractivity contribution in [2.24, 2.45) is 0 Å². The van der Waals surface area contributed by atoms with Crippen LogP contribution in [-0.2, 0) is 4.74 Å². The molecule has 0 saturated carbocycles. The van der Waals surface area contributed by atoms with Gasteiger partial charge in [0.1, 0.15) is 0 Å². The first-order valence-corrected chi connectivity index (χ1v) is 7.29. The summed E-state index contributed by atoms with van der Waals surface area (Å²) >= 11 is 1.81. The highest BCUT2D eigenvalue weighted by atomic mass is 32.1. The van der Waals surface area contributed by atoms with Crippen LogP contribution in [0.5, 0.6) is 0 Å². The lowest BCUT2D eigenvalue weighted by Gasteiger charge is -2.36. The minimum absolute atomic E-state index is 0.136. The number of thiophene rings is 1. The van der Waals surface area contributed by atoms with Crippen LogP contribution in [0.1, 0.15) is 50.1 Å². The molecule has 0 aliphatic carbocycles. The zero-order valence-corrected chi connectivity index (χ0v) is 12.5. The fourth-order valence-electron chi connectivity index (χ4n) is 2.06. The molecule has 98 valence electrons. The normalized spacial score (nSPS) is 16.8. The van der Waals surface area contributed by atoms with Crippen LogP contribution in [0.15, 0.2) is 11.4 Å². The van der Waals surface area contributed by atoms with Gasteiger partial charge in [0.15, 0.2) is 0 Å². The Morgan fingerprint density at radius 1 is 1.47 bits per heavy atom. The first-order chi connectivity index (χ1) is 8.07. The van der Waals surface area contributed by atoms with E-state index in [9.17, 15) is 0 Å². The lowest BCUT2D eigenvalue weighted by molar-refractivity contribution is -0.0298. The summed E-state index contributed by atoms with van der Waals surface area (Å²) < 4.78 is 5.75. The highest BCUT2D eigenvalue weighted by Gasteiger charge is 2.33. The topological polar surface area (TPSA) is 21.3 Å². The largest absolute Gasteiger partial charge is 0.377 e. The Morgan fingerprint density at radius 2 is 2.18 bits per heavy atom. The molecular weight excluding hydrogens is 230 g/mol. The van der Waals surface area contributed by atoms with E-state index in [1.165, 1.54) is 10.4 Å². The maximum atomic E-state index is 5.75. The zero-order valence-electron chi connectivity index (χ0n) is 11.7. The van der Waals surface area contributed by atoms with E-state index in [0.29, 0.717) is 0 Å². The predicted molar refractivity (Wildman–Crippen MR) is 75.8 cm³/mol. The molecule has 2 unspecified atom stereocenters. The lowest BCUT2D eigenvalue weighted by atomic mass is 9.88. The van der Waals surface area contributed by atoms with E-state index in [2.05, 4.69) is 44.5 Å². The van der Waals surface area contributed by atoms with Crippen LogP contribution in [0.25, 0.3) is 0 Å². The average Bonchev–Trinajstić information content (AvgIpc) is 2.75. The van der Waals surface area contributed by atoms with Gasteiger partial charge in [0.05, 0.1) is 11.6 Å². The maximum Gasteiger partial charge on any atom is 0.0842 e. The molecule has 1 aromatic heterocycles. The molecule has 3 heteroatoms. The molecule has 2 atom stereocenters. The number of aryl methyl sites for hydroxylation is 1. The van der Waals surface area contributed by atoms with Gasteiger partial charge in [-0.05, 0) is 50.2 Å². The number of hydrogen-bond donors (Lipinski definition) is 1. The molecule has 0 saturated heterocycles. The number of rotatable bonds is 7. The average molecular weight is 255 g/mol. The zero-order chi connectivity index (χ0) is 12.9. The Labute approximate surface area is 109 Å². The number of hydrogen-bond acceptors (Lipinski definition) is 3. The third kappa shape index (κ3) is 3.54. The second kappa shape index (κ2) is 6.53. The van der Waals surface area contributed by atoms with Crippen molar-refractivity contribution in [2.75, 3.05) is 13.7 Å². The van der Waals surface area contributed by atoms with E-state index < -0.39 is 0 Å². The van der Waals surface area contributed by atoms with E-state index in [0.717, 1.165) is 19.4 Å². The molecule has 0 spiro atoms. The van der Waals surface area contributed by atoms with Crippen molar-refractivity contribution in [3.05, 3.63) is 21.9 Å². The van der Waals surface area contributed by atoms with Gasteiger partial charge in [0.2, 0.25) is 0 Å². The van der Waals surface area contributed by atoms with Crippen molar-refractivity contribution in [3.8, 4) is 0 Å². The van der Waals surface area contributed by atoms with Crippen LogP contribution >= 0.6 is 11.3 Å². The maximum absolute atomic E-state index is 5.75. The molecule has 0 aliphatic heterocycles. The highest BCUT2D eigenvalue weighted by Crippen LogP contribution is 2.33. The first kappa shape index (κ1) is 14.7. The van der Waals surface area contributed by atoms with E-state index in [1.54, 1.807) is 0 Å². The van der Waals surface area contributed by atoms with E-state index in [-0.39, 0.29) is 11.6 Å². The molecular formula is C14H25NOS. The van der Waals surface area contributed by atoms with E-state index >= 15 is 0 Å². The monoisotopic (exact) mass is 255 g/mol. The van der Waals surface area contributed by atoms with Gasteiger partial charge in [-0.25, -0.2) is 0 Å². The van der Waals surface area contributed by atoms with Gasteiger partial charge in [0.25, 0.3) is 0 Å². The van der Waals surface area contributed by atoms with Crippen LogP contribution in [0.4, 0.5) is 0 Å². The van der Waals surface area contributed by atoms with Crippen molar-refractivity contribution in [1.29, 1.82) is 0 Å². The molecule has 0 aliphatic rings. The van der Waals surface area contributed by atoms with Gasteiger partial charge < -0.3 is 10.1 Å². The fraction of sp³-hybridized carbons (Fsp3) is 0.714. The Bertz CT molecular complexity index is 331. The van der Waals surface area contributed by atoms with Crippen molar-refractivity contribution in [1.82, 2.24) is 5.32 Å². The second-order valence-electron chi connectivity index (χ2n) is 4.75. The van der Waals surface area contributed by atoms with Crippen molar-refractivity contribution >= 4 is 11.3 Å². The molecule has 0 fully saturated rings. The van der Waals surface area contributed by atoms with Crippen LogP contribution in [0.2, 0.25) is 0 Å². The molecule has 0 radical (unpaired) electrons. The van der Waals surface area contributed by atoms with Crippen molar-refractivity contribution in [2.45, 2.75) is 52.2 Å². The third-order valence-electron chi connectivity index (χ3n) is 3.46. The Hall–Kier alpha value is -0.380. The van der Waals surface area contributed by atoms with E-state index in [4.69, 9.17) is 4.74 Å². The van der Waals surface area contributed by atoms with Gasteiger partial charge in [-0.2, -0.15) is 0 Å². The van der Waals surface area contributed by atoms with Gasteiger partial charge in [-0.3, -0.25) is 0 Å². The molecule has 17 heavy (non-hydrogen) atoms. The summed E-state index contributed by atoms with van der Waals surface area (Å²) in [6, 6.07) is 2.55. The Morgan fingerprint density at radius 3 is 2.59 bits per heavy atom. The van der Waals surface area contributed by atoms with Crippen LogP contribution in [0, 0.1) is 6.92 Å². The molecule has 1 rings (SSSR count). The number of ether oxygens (including phenoxy) is 1. The molecule has 0 bridgehead atoms. The summed E-state index contributed by atoms with van der Waals surface area (Å²) in [6.07, 6.45) is 2.14. The Balaban J connectivity index is 2.94. The SMILES string of the molecule is CCCNC(c1csc(C)c1)C(C)(CC)OC. The van der Waals surface area contributed by atoms with Gasteiger partial charge >= 0.3 is 0 Å². The molecule has 1 aromatic rings. The molecule has 0 amide bonds. The van der Waals surface area contributed by atoms with Crippen LogP contribution in [-0.4, -0.2) is 19.3 Å². The summed E-state index contributed by atoms with van der Waals surface area (Å²) in [4.78, 5) is 1.36. The summed E-state index contributed by atoms with van der Waals surface area (Å²) in [7, 11) is 1.81. The molecule has 1 N–H and O–H groups in total. The Kier molecular flexibility index (Phi) is 5.63. The molecule has 1 heterocycles. The van der Waals surface area contributed by atoms with Gasteiger partial charge in [-0.15, -0.1) is 11.3 Å². The summed E-state index contributed by atoms with van der Waals surface area (Å²) in [5.41, 5.74) is 1.22. The van der Waals surface area contributed by atoms with Gasteiger partial charge in [-0.1, -0.05) is 13.8 Å². The van der Waals surface area contributed by atoms with E-state index in [1.807, 2.05) is 18.4 Å². The number of methoxy groups -OCH3 is 1. The second-order valence-corrected chi connectivity index (χ2v) is 5.86. The minimum atomic E-state index is -0.136. The predicted octanol–water partition coefficient (Wildman–Crippen LogP) is 3.91.